The number of nitrogens with one attached hydrogen (secondary N) is 2. The van der Waals surface area contributed by atoms with Crippen LogP contribution in [0.3, 0.4) is 0 Å². The first-order chi connectivity index (χ1) is 21.7. The van der Waals surface area contributed by atoms with Gasteiger partial charge >= 0.3 is 11.9 Å². The maximum absolute atomic E-state index is 14.1. The van der Waals surface area contributed by atoms with Crippen LogP contribution in [0.4, 0.5) is 0 Å². The van der Waals surface area contributed by atoms with Gasteiger partial charge in [0.25, 0.3) is 5.60 Å². The summed E-state index contributed by atoms with van der Waals surface area (Å²) < 4.78 is 11.8. The third kappa shape index (κ3) is 7.33. The van der Waals surface area contributed by atoms with Gasteiger partial charge in [-0.1, -0.05) is 69.9 Å². The molecule has 0 amide bonds. The van der Waals surface area contributed by atoms with Crippen molar-refractivity contribution in [3.63, 3.8) is 0 Å². The fourth-order valence-corrected chi connectivity index (χ4v) is 8.66. The van der Waals surface area contributed by atoms with Crippen LogP contribution in [-0.4, -0.2) is 66.1 Å². The van der Waals surface area contributed by atoms with E-state index in [1.165, 1.54) is 19.3 Å². The molecule has 0 aromatic rings. The molecule has 3 aliphatic carbocycles. The minimum atomic E-state index is -1.80. The molecule has 3 saturated carbocycles. The number of ether oxygens (including phenoxy) is 2. The molecule has 0 aromatic heterocycles. The van der Waals surface area contributed by atoms with Crippen LogP contribution in [0.1, 0.15) is 123 Å². The fourth-order valence-electron chi connectivity index (χ4n) is 8.66. The zero-order valence-corrected chi connectivity index (χ0v) is 27.7. The molecule has 0 radical (unpaired) electrons. The van der Waals surface area contributed by atoms with E-state index >= 15 is 0 Å². The minimum Gasteiger partial charge on any atom is -0.463 e. The molecular weight excluding hydrogens is 570 g/mol. The van der Waals surface area contributed by atoms with Crippen molar-refractivity contribution in [3.05, 3.63) is 11.6 Å². The first kappa shape index (κ1) is 34.0. The standard InChI is InChI=1S/C35H57N5O5/c1-3-4-5-11-20-44-32(43)35-31(42)27-15-10-9-14-26(27)30(41)34(35,45-35)18-16-23(2)21-28(24-17-19-38-29(36)22-24)40-33(37)39-25-12-7-6-8-13-25/h16,24-29,38H,3-15,17-22,36H2,1-2H3,(H3,37,39,40)/p+2/t24?,26?,27?,28-,29?,34+,35+/m1/s1. The number of quaternary nitrogens is 1. The number of hydrogen-bond acceptors (Lipinski definition) is 6. The van der Waals surface area contributed by atoms with Crippen molar-refractivity contribution >= 4 is 23.5 Å². The third-order valence-electron chi connectivity index (χ3n) is 11.3. The zero-order valence-electron chi connectivity index (χ0n) is 27.7. The van der Waals surface area contributed by atoms with Crippen LogP contribution < -0.4 is 27.1 Å². The molecule has 0 spiro atoms. The normalized spacial score (nSPS) is 34.9. The van der Waals surface area contributed by atoms with E-state index in [-0.39, 0.29) is 42.7 Å². The lowest BCUT2D eigenvalue weighted by atomic mass is 9.61. The van der Waals surface area contributed by atoms with Crippen molar-refractivity contribution in [2.75, 3.05) is 13.2 Å². The summed E-state index contributed by atoms with van der Waals surface area (Å²) in [5, 5.41) is 5.80. The van der Waals surface area contributed by atoms with E-state index in [4.69, 9.17) is 20.9 Å². The molecule has 8 N–H and O–H groups in total. The zero-order chi connectivity index (χ0) is 32.0. The van der Waals surface area contributed by atoms with Crippen LogP contribution in [-0.2, 0) is 23.9 Å². The SMILES string of the molecule is CCCCCCOC(=O)[C@]12O[C@@]1(CC=C(C)C[C@@H](NC(N)=[NH+]C1CCCCC1)C1CC[NH2+]C(N)C1)C(=O)C1CCCCC1C2=O. The van der Waals surface area contributed by atoms with E-state index in [9.17, 15) is 14.4 Å². The summed E-state index contributed by atoms with van der Waals surface area (Å²) in [7, 11) is 0. The number of unbranched alkanes of at least 4 members (excludes halogenated alkanes) is 3. The summed E-state index contributed by atoms with van der Waals surface area (Å²) in [6.45, 7) is 5.40. The molecule has 4 unspecified atom stereocenters. The van der Waals surface area contributed by atoms with Gasteiger partial charge in [0.1, 0.15) is 6.17 Å². The molecule has 10 heteroatoms. The van der Waals surface area contributed by atoms with E-state index in [0.717, 1.165) is 76.3 Å². The monoisotopic (exact) mass is 629 g/mol. The van der Waals surface area contributed by atoms with Gasteiger partial charge in [0.15, 0.2) is 17.2 Å². The summed E-state index contributed by atoms with van der Waals surface area (Å²) in [5.74, 6) is -0.855. The first-order valence-electron chi connectivity index (χ1n) is 18.1. The van der Waals surface area contributed by atoms with Gasteiger partial charge in [-0.05, 0) is 39.0 Å². The van der Waals surface area contributed by atoms with Crippen LogP contribution in [0.5, 0.6) is 0 Å². The highest BCUT2D eigenvalue weighted by molar-refractivity contribution is 6.23. The number of fused-ring (bicyclic) bond motifs is 2. The predicted octanol–water partition coefficient (Wildman–Crippen LogP) is 1.25. The van der Waals surface area contributed by atoms with Gasteiger partial charge in [0.2, 0.25) is 0 Å². The molecule has 45 heavy (non-hydrogen) atoms. The second kappa shape index (κ2) is 15.1. The highest BCUT2D eigenvalue weighted by atomic mass is 16.7. The summed E-state index contributed by atoms with van der Waals surface area (Å²) in [6.07, 6.45) is 17.9. The predicted molar refractivity (Wildman–Crippen MR) is 172 cm³/mol. The van der Waals surface area contributed by atoms with Gasteiger partial charge in [-0.3, -0.25) is 31.4 Å². The Morgan fingerprint density at radius 1 is 1.07 bits per heavy atom. The summed E-state index contributed by atoms with van der Waals surface area (Å²) >= 11 is 0. The van der Waals surface area contributed by atoms with E-state index in [1.807, 2.05) is 6.08 Å². The number of esters is 1. The molecule has 2 heterocycles. The number of piperidine rings is 1. The number of guanidine groups is 1. The van der Waals surface area contributed by atoms with Gasteiger partial charge in [-0.15, -0.1) is 0 Å². The summed E-state index contributed by atoms with van der Waals surface area (Å²) in [4.78, 5) is 45.1. The van der Waals surface area contributed by atoms with E-state index in [0.29, 0.717) is 37.2 Å². The number of hydrogen-bond donors (Lipinski definition) is 5. The highest BCUT2D eigenvalue weighted by Crippen LogP contribution is 2.61. The second-order valence-corrected chi connectivity index (χ2v) is 14.6. The molecule has 5 rings (SSSR count). The van der Waals surface area contributed by atoms with Crippen molar-refractivity contribution in [1.29, 1.82) is 0 Å². The van der Waals surface area contributed by atoms with Crippen LogP contribution in [0.2, 0.25) is 0 Å². The van der Waals surface area contributed by atoms with Crippen molar-refractivity contribution in [2.24, 2.45) is 29.2 Å². The molecule has 10 nitrogen and oxygen atoms in total. The molecule has 5 aliphatic rings. The molecule has 0 aromatic carbocycles. The Labute approximate surface area is 269 Å². The van der Waals surface area contributed by atoms with Crippen LogP contribution >= 0.6 is 0 Å². The van der Waals surface area contributed by atoms with Crippen LogP contribution in [0.25, 0.3) is 0 Å². The molecule has 252 valence electrons. The van der Waals surface area contributed by atoms with Crippen LogP contribution in [0, 0.1) is 17.8 Å². The molecule has 5 fully saturated rings. The second-order valence-electron chi connectivity index (χ2n) is 14.6. The summed E-state index contributed by atoms with van der Waals surface area (Å²) in [5.41, 5.74) is 10.7. The lowest BCUT2D eigenvalue weighted by molar-refractivity contribution is -0.699. The van der Waals surface area contributed by atoms with E-state index in [1.54, 1.807) is 0 Å². The number of epoxide rings is 1. The number of ketones is 2. The van der Waals surface area contributed by atoms with Gasteiger partial charge in [-0.2, -0.15) is 0 Å². The smallest absolute Gasteiger partial charge is 0.349 e. The van der Waals surface area contributed by atoms with Crippen molar-refractivity contribution < 1.29 is 34.2 Å². The molecular formula is C35H59N5O5+2. The Kier molecular flexibility index (Phi) is 11.4. The number of carbonyl (C=O) groups is 3. The van der Waals surface area contributed by atoms with Gasteiger partial charge < -0.3 is 14.8 Å². The molecule has 7 atom stereocenters. The number of Topliss-reactive ketones (excluding diaryl/α,β-unsaturated/α-hetero) is 2. The third-order valence-corrected chi connectivity index (χ3v) is 11.3. The van der Waals surface area contributed by atoms with Crippen molar-refractivity contribution in [1.82, 2.24) is 5.32 Å². The number of carbonyl (C=O) groups excluding carboxylic acids is 3. The minimum absolute atomic E-state index is 0.0616. The Balaban J connectivity index is 1.32. The fraction of sp³-hybridized carbons (Fsp3) is 0.829. The molecule has 2 aliphatic heterocycles. The lowest BCUT2D eigenvalue weighted by Gasteiger charge is -2.36. The topological polar surface area (TPSA) is 168 Å². The van der Waals surface area contributed by atoms with E-state index < -0.39 is 23.1 Å². The Morgan fingerprint density at radius 3 is 2.49 bits per heavy atom. The first-order valence-corrected chi connectivity index (χ1v) is 18.1. The quantitative estimate of drug-likeness (QED) is 0.0386. The van der Waals surface area contributed by atoms with Crippen LogP contribution in [0.15, 0.2) is 11.6 Å². The Morgan fingerprint density at radius 2 is 1.78 bits per heavy atom. The van der Waals surface area contributed by atoms with E-state index in [2.05, 4.69) is 29.5 Å². The highest BCUT2D eigenvalue weighted by Gasteiger charge is 2.86. The van der Waals surface area contributed by atoms with Crippen molar-refractivity contribution in [3.8, 4) is 0 Å². The number of nitrogens with two attached hydrogens (primary N) is 3. The lowest BCUT2D eigenvalue weighted by Crippen LogP contribution is -2.95. The maximum Gasteiger partial charge on any atom is 0.349 e. The molecule has 2 saturated heterocycles. The van der Waals surface area contributed by atoms with Crippen molar-refractivity contribution in [2.45, 2.75) is 152 Å². The average Bonchev–Trinajstić information content (AvgIpc) is 3.75. The van der Waals surface area contributed by atoms with Gasteiger partial charge in [0, 0.05) is 43.4 Å². The largest absolute Gasteiger partial charge is 0.463 e. The van der Waals surface area contributed by atoms with Gasteiger partial charge in [-0.25, -0.2) is 4.79 Å². The Bertz CT molecular complexity index is 1140. The maximum atomic E-state index is 14.1. The average molecular weight is 630 g/mol. The summed E-state index contributed by atoms with van der Waals surface area (Å²) in [6, 6.07) is 0.466. The number of rotatable bonds is 13. The molecule has 0 bridgehead atoms. The van der Waals surface area contributed by atoms with Gasteiger partial charge in [0.05, 0.1) is 25.2 Å². The Hall–Kier alpha value is -2.30.